The van der Waals surface area contributed by atoms with Gasteiger partial charge in [0.2, 0.25) is 5.95 Å². The van der Waals surface area contributed by atoms with Gasteiger partial charge in [0.25, 0.3) is 5.91 Å². The van der Waals surface area contributed by atoms with E-state index in [1.165, 1.54) is 18.2 Å². The molecular weight excluding hydrogens is 704 g/mol. The summed E-state index contributed by atoms with van der Waals surface area (Å²) in [5.74, 6) is -0.806. The lowest BCUT2D eigenvalue weighted by atomic mass is 9.92. The van der Waals surface area contributed by atoms with Crippen LogP contribution in [0, 0.1) is 5.41 Å². The van der Waals surface area contributed by atoms with Crippen LogP contribution in [0.2, 0.25) is 10.0 Å². The second-order valence-electron chi connectivity index (χ2n) is 12.2. The highest BCUT2D eigenvalue weighted by atomic mass is 35.5. The number of nitrogens with zero attached hydrogens (tertiary/aromatic N) is 3. The van der Waals surface area contributed by atoms with Crippen LogP contribution in [-0.4, -0.2) is 53.8 Å². The molecule has 0 spiro atoms. The van der Waals surface area contributed by atoms with Gasteiger partial charge >= 0.3 is 12.5 Å². The molecule has 1 aliphatic rings. The molecule has 0 aliphatic carbocycles. The number of benzene rings is 3. The van der Waals surface area contributed by atoms with Crippen molar-refractivity contribution in [1.29, 1.82) is 0 Å². The molecule has 3 aromatic carbocycles. The van der Waals surface area contributed by atoms with Crippen molar-refractivity contribution in [3.8, 4) is 5.75 Å². The monoisotopic (exact) mass is 734 g/mol. The number of ether oxygens (including phenoxy) is 1. The molecule has 0 radical (unpaired) electrons. The van der Waals surface area contributed by atoms with E-state index >= 15 is 0 Å². The number of fused-ring (bicyclic) bond motifs is 1. The Kier molecular flexibility index (Phi) is 10.2. The van der Waals surface area contributed by atoms with Gasteiger partial charge in [-0.15, -0.1) is 13.2 Å². The predicted molar refractivity (Wildman–Crippen MR) is 175 cm³/mol. The summed E-state index contributed by atoms with van der Waals surface area (Å²) in [7, 11) is 1.69. The summed E-state index contributed by atoms with van der Waals surface area (Å²) in [5, 5.41) is 8.92. The SMILES string of the molecule is Cn1c(Nc2c(Cl)ccc(CNCC(C)(C)C(F)(F)F)c2Cl)nc2cc(C(=O)Nc3ccc(OC(F)(F)F)cc3)c(N3CCC(F)C3)cc21. The fraction of sp³-hybridized carbons (Fsp3) is 0.375. The second kappa shape index (κ2) is 13.8. The maximum absolute atomic E-state index is 14.3. The smallest absolute Gasteiger partial charge is 0.406 e. The number of hydrogen-bond donors (Lipinski definition) is 3. The van der Waals surface area contributed by atoms with Crippen LogP contribution in [-0.2, 0) is 13.6 Å². The zero-order valence-corrected chi connectivity index (χ0v) is 27.8. The minimum atomic E-state index is -4.87. The van der Waals surface area contributed by atoms with Gasteiger partial charge < -0.3 is 30.2 Å². The van der Waals surface area contributed by atoms with Gasteiger partial charge in [0, 0.05) is 38.9 Å². The summed E-state index contributed by atoms with van der Waals surface area (Å²) in [6.45, 7) is 2.25. The van der Waals surface area contributed by atoms with E-state index in [1.807, 2.05) is 0 Å². The van der Waals surface area contributed by atoms with Crippen molar-refractivity contribution in [2.24, 2.45) is 12.5 Å². The minimum Gasteiger partial charge on any atom is -0.406 e. The lowest BCUT2D eigenvalue weighted by Gasteiger charge is -2.28. The third-order valence-electron chi connectivity index (χ3n) is 8.12. The van der Waals surface area contributed by atoms with Crippen molar-refractivity contribution in [2.45, 2.75) is 45.5 Å². The second-order valence-corrected chi connectivity index (χ2v) is 13.0. The molecule has 0 bridgehead atoms. The standard InChI is InChI=1S/C32H31Cl2F7N6O2/c1-30(2,31(36,37)38)16-42-14-17-4-9-22(33)27(26(17)34)45-29-44-23-12-21(24(13-25(23)46(29)3)47-11-10-18(35)15-47)28(48)43-19-5-7-20(8-6-19)49-32(39,40)41/h4-9,12-13,18,42H,10-11,14-16H2,1-3H3,(H,43,48)(H,44,45). The Bertz CT molecular complexity index is 1850. The van der Waals surface area contributed by atoms with Crippen LogP contribution in [0.3, 0.4) is 0 Å². The Labute approximate surface area is 286 Å². The molecule has 1 saturated heterocycles. The molecule has 264 valence electrons. The summed E-state index contributed by atoms with van der Waals surface area (Å²) >= 11 is 13.1. The summed E-state index contributed by atoms with van der Waals surface area (Å²) in [6, 6.07) is 11.0. The average molecular weight is 736 g/mol. The number of carbonyl (C=O) groups is 1. The van der Waals surface area contributed by atoms with E-state index in [0.717, 1.165) is 26.0 Å². The molecule has 1 amide bonds. The van der Waals surface area contributed by atoms with Gasteiger partial charge in [-0.05, 0) is 68.3 Å². The van der Waals surface area contributed by atoms with Crippen LogP contribution in [0.25, 0.3) is 11.0 Å². The van der Waals surface area contributed by atoms with Crippen molar-refractivity contribution in [3.63, 3.8) is 0 Å². The summed E-state index contributed by atoms with van der Waals surface area (Å²) < 4.78 is 97.4. The molecule has 1 aromatic heterocycles. The molecule has 8 nitrogen and oxygen atoms in total. The van der Waals surface area contributed by atoms with Crippen molar-refractivity contribution in [3.05, 3.63) is 69.7 Å². The van der Waals surface area contributed by atoms with Crippen LogP contribution in [0.15, 0.2) is 48.5 Å². The minimum absolute atomic E-state index is 0.0258. The van der Waals surface area contributed by atoms with E-state index in [2.05, 4.69) is 25.7 Å². The Morgan fingerprint density at radius 2 is 1.73 bits per heavy atom. The lowest BCUT2D eigenvalue weighted by molar-refractivity contribution is -0.274. The van der Waals surface area contributed by atoms with Gasteiger partial charge in [-0.25, -0.2) is 9.37 Å². The molecule has 49 heavy (non-hydrogen) atoms. The van der Waals surface area contributed by atoms with Gasteiger partial charge in [-0.1, -0.05) is 29.3 Å². The van der Waals surface area contributed by atoms with Crippen LogP contribution in [0.4, 0.5) is 53.7 Å². The van der Waals surface area contributed by atoms with E-state index in [0.29, 0.717) is 28.8 Å². The summed E-state index contributed by atoms with van der Waals surface area (Å²) in [5.41, 5.74) is 0.458. The first-order valence-corrected chi connectivity index (χ1v) is 15.7. The van der Waals surface area contributed by atoms with Gasteiger partial charge in [-0.2, -0.15) is 13.2 Å². The number of anilines is 4. The van der Waals surface area contributed by atoms with Crippen LogP contribution in [0.1, 0.15) is 36.2 Å². The quantitative estimate of drug-likeness (QED) is 0.141. The number of amides is 1. The number of alkyl halides is 7. The third kappa shape index (κ3) is 8.27. The summed E-state index contributed by atoms with van der Waals surface area (Å²) in [6.07, 6.45) is -10.1. The maximum atomic E-state index is 14.3. The van der Waals surface area contributed by atoms with Crippen LogP contribution >= 0.6 is 23.2 Å². The highest BCUT2D eigenvalue weighted by molar-refractivity contribution is 6.39. The molecule has 1 atom stereocenters. The van der Waals surface area contributed by atoms with E-state index in [4.69, 9.17) is 23.2 Å². The Hall–Kier alpha value is -3.95. The topological polar surface area (TPSA) is 83.5 Å². The lowest BCUT2D eigenvalue weighted by Crippen LogP contribution is -2.41. The fourth-order valence-electron chi connectivity index (χ4n) is 5.23. The number of carbonyl (C=O) groups excluding carboxylic acids is 1. The number of rotatable bonds is 10. The first-order valence-electron chi connectivity index (χ1n) is 14.9. The first kappa shape index (κ1) is 36.3. The van der Waals surface area contributed by atoms with Crippen LogP contribution in [0.5, 0.6) is 5.75 Å². The number of imidazole rings is 1. The van der Waals surface area contributed by atoms with E-state index in [1.54, 1.807) is 34.7 Å². The van der Waals surface area contributed by atoms with Gasteiger partial charge in [0.1, 0.15) is 11.9 Å². The number of halogens is 9. The van der Waals surface area contributed by atoms with Gasteiger partial charge in [0.15, 0.2) is 0 Å². The largest absolute Gasteiger partial charge is 0.573 e. The molecule has 4 aromatic rings. The molecule has 2 heterocycles. The van der Waals surface area contributed by atoms with Crippen molar-refractivity contribution in [2.75, 3.05) is 35.2 Å². The summed E-state index contributed by atoms with van der Waals surface area (Å²) in [4.78, 5) is 19.9. The number of aryl methyl sites for hydroxylation is 1. The first-order chi connectivity index (χ1) is 22.8. The fourth-order valence-corrected chi connectivity index (χ4v) is 5.76. The van der Waals surface area contributed by atoms with Gasteiger partial charge in [0.05, 0.1) is 43.4 Å². The van der Waals surface area contributed by atoms with Crippen molar-refractivity contribution in [1.82, 2.24) is 14.9 Å². The van der Waals surface area contributed by atoms with Crippen molar-refractivity contribution < 1.29 is 40.3 Å². The molecule has 5 rings (SSSR count). The number of hydrogen-bond acceptors (Lipinski definition) is 6. The molecule has 1 unspecified atom stereocenters. The Balaban J connectivity index is 1.43. The Morgan fingerprint density at radius 3 is 2.35 bits per heavy atom. The molecule has 17 heteroatoms. The predicted octanol–water partition coefficient (Wildman–Crippen LogP) is 9.00. The molecular formula is C32H31Cl2F7N6O2. The van der Waals surface area contributed by atoms with E-state index in [9.17, 15) is 35.5 Å². The molecule has 0 saturated carbocycles. The normalized spacial score (nSPS) is 15.6. The highest BCUT2D eigenvalue weighted by Crippen LogP contribution is 2.39. The maximum Gasteiger partial charge on any atom is 0.573 e. The average Bonchev–Trinajstić information content (AvgIpc) is 3.57. The van der Waals surface area contributed by atoms with Crippen LogP contribution < -0.4 is 25.6 Å². The third-order valence-corrected chi connectivity index (χ3v) is 8.86. The Morgan fingerprint density at radius 1 is 1.04 bits per heavy atom. The van der Waals surface area contributed by atoms with Gasteiger partial charge in [-0.3, -0.25) is 4.79 Å². The van der Waals surface area contributed by atoms with Crippen molar-refractivity contribution >= 4 is 63.2 Å². The highest BCUT2D eigenvalue weighted by Gasteiger charge is 2.46. The van der Waals surface area contributed by atoms with E-state index in [-0.39, 0.29) is 59.0 Å². The zero-order valence-electron chi connectivity index (χ0n) is 26.3. The number of aromatic nitrogens is 2. The molecule has 3 N–H and O–H groups in total. The zero-order chi connectivity index (χ0) is 35.9. The number of nitrogens with one attached hydrogen (secondary N) is 3. The van der Waals surface area contributed by atoms with E-state index < -0.39 is 35.8 Å². The molecule has 1 aliphatic heterocycles. The molecule has 1 fully saturated rings.